The lowest BCUT2D eigenvalue weighted by atomic mass is 10.1. The zero-order chi connectivity index (χ0) is 20.7. The van der Waals surface area contributed by atoms with E-state index in [1.165, 1.54) is 6.08 Å². The molecule has 2 aromatic rings. The molecule has 0 radical (unpaired) electrons. The number of nitriles is 1. The molecule has 2 aromatic carbocycles. The average molecular weight is 380 g/mol. The van der Waals surface area contributed by atoms with Gasteiger partial charge in [-0.1, -0.05) is 12.1 Å². The van der Waals surface area contributed by atoms with E-state index in [0.29, 0.717) is 11.5 Å². The van der Waals surface area contributed by atoms with Crippen LogP contribution in [0.25, 0.3) is 6.08 Å². The smallest absolute Gasteiger partial charge is 0.349 e. The summed E-state index contributed by atoms with van der Waals surface area (Å²) < 4.78 is 15.9. The third kappa shape index (κ3) is 5.04. The van der Waals surface area contributed by atoms with Crippen molar-refractivity contribution in [1.29, 1.82) is 5.26 Å². The molecule has 146 valence electrons. The van der Waals surface area contributed by atoms with Crippen LogP contribution in [0.2, 0.25) is 0 Å². The Bertz CT molecular complexity index is 909. The van der Waals surface area contributed by atoms with Crippen molar-refractivity contribution in [3.05, 3.63) is 58.7 Å². The first-order valence-corrected chi connectivity index (χ1v) is 8.67. The number of carbonyl (C=O) groups excluding carboxylic acids is 1. The van der Waals surface area contributed by atoms with E-state index in [-0.39, 0.29) is 12.2 Å². The molecule has 0 spiro atoms. The van der Waals surface area contributed by atoms with Crippen molar-refractivity contribution in [1.82, 2.24) is 0 Å². The predicted molar refractivity (Wildman–Crippen MR) is 108 cm³/mol. The molecule has 0 saturated heterocycles. The molecule has 0 bridgehead atoms. The first-order chi connectivity index (χ1) is 13.4. The SMILES string of the molecule is COc1cc(C)c(COC(=O)/C(C#N)=C/c2ccc(N(C)C)cc2)cc1OC. The van der Waals surface area contributed by atoms with Crippen LogP contribution in [0.3, 0.4) is 0 Å². The van der Waals surface area contributed by atoms with Gasteiger partial charge >= 0.3 is 5.97 Å². The van der Waals surface area contributed by atoms with E-state index in [1.54, 1.807) is 20.3 Å². The zero-order valence-corrected chi connectivity index (χ0v) is 16.8. The number of aryl methyl sites for hydroxylation is 1. The second-order valence-electron chi connectivity index (χ2n) is 6.37. The summed E-state index contributed by atoms with van der Waals surface area (Å²) in [5, 5.41) is 9.34. The van der Waals surface area contributed by atoms with Crippen LogP contribution in [-0.2, 0) is 16.1 Å². The Balaban J connectivity index is 2.13. The molecular formula is C22H24N2O4. The zero-order valence-electron chi connectivity index (χ0n) is 16.8. The van der Waals surface area contributed by atoms with Crippen molar-refractivity contribution in [3.8, 4) is 17.6 Å². The molecule has 0 amide bonds. The second kappa shape index (κ2) is 9.47. The minimum atomic E-state index is -0.673. The van der Waals surface area contributed by atoms with Gasteiger partial charge in [-0.15, -0.1) is 0 Å². The van der Waals surface area contributed by atoms with Crippen LogP contribution >= 0.6 is 0 Å². The van der Waals surface area contributed by atoms with Gasteiger partial charge in [0.25, 0.3) is 0 Å². The molecule has 0 unspecified atom stereocenters. The van der Waals surface area contributed by atoms with Crippen molar-refractivity contribution in [2.45, 2.75) is 13.5 Å². The van der Waals surface area contributed by atoms with Crippen molar-refractivity contribution in [2.24, 2.45) is 0 Å². The Hall–Kier alpha value is -3.46. The fourth-order valence-corrected chi connectivity index (χ4v) is 2.57. The Morgan fingerprint density at radius 1 is 1.11 bits per heavy atom. The van der Waals surface area contributed by atoms with Gasteiger partial charge in [0, 0.05) is 19.8 Å². The molecule has 0 aliphatic rings. The Morgan fingerprint density at radius 2 is 1.71 bits per heavy atom. The maximum Gasteiger partial charge on any atom is 0.349 e. The summed E-state index contributed by atoms with van der Waals surface area (Å²) >= 11 is 0. The molecule has 0 fully saturated rings. The normalized spacial score (nSPS) is 10.8. The third-order valence-electron chi connectivity index (χ3n) is 4.26. The summed E-state index contributed by atoms with van der Waals surface area (Å²) in [6, 6.07) is 13.0. The van der Waals surface area contributed by atoms with Gasteiger partial charge in [0.05, 0.1) is 14.2 Å². The van der Waals surface area contributed by atoms with Crippen LogP contribution in [0, 0.1) is 18.3 Å². The number of rotatable bonds is 7. The maximum absolute atomic E-state index is 12.3. The van der Waals surface area contributed by atoms with Crippen LogP contribution in [0.5, 0.6) is 11.5 Å². The highest BCUT2D eigenvalue weighted by atomic mass is 16.5. The highest BCUT2D eigenvalue weighted by Gasteiger charge is 2.14. The quantitative estimate of drug-likeness (QED) is 0.414. The van der Waals surface area contributed by atoms with Gasteiger partial charge in [-0.2, -0.15) is 5.26 Å². The summed E-state index contributed by atoms with van der Waals surface area (Å²) in [5.41, 5.74) is 3.39. The van der Waals surface area contributed by atoms with Gasteiger partial charge in [0.2, 0.25) is 0 Å². The van der Waals surface area contributed by atoms with Crippen LogP contribution in [0.1, 0.15) is 16.7 Å². The highest BCUT2D eigenvalue weighted by molar-refractivity contribution is 5.97. The summed E-state index contributed by atoms with van der Waals surface area (Å²) in [6.07, 6.45) is 1.52. The summed E-state index contributed by atoms with van der Waals surface area (Å²) in [5.74, 6) is 0.485. The van der Waals surface area contributed by atoms with E-state index in [9.17, 15) is 10.1 Å². The lowest BCUT2D eigenvalue weighted by Crippen LogP contribution is -2.08. The molecule has 2 rings (SSSR count). The van der Waals surface area contributed by atoms with Crippen LogP contribution in [0.4, 0.5) is 5.69 Å². The average Bonchev–Trinajstić information content (AvgIpc) is 2.70. The van der Waals surface area contributed by atoms with Crippen LogP contribution in [0.15, 0.2) is 42.0 Å². The van der Waals surface area contributed by atoms with Gasteiger partial charge < -0.3 is 19.1 Å². The van der Waals surface area contributed by atoms with Crippen molar-refractivity contribution in [2.75, 3.05) is 33.2 Å². The molecule has 0 aliphatic heterocycles. The van der Waals surface area contributed by atoms with Gasteiger partial charge in [0.15, 0.2) is 11.5 Å². The number of benzene rings is 2. The largest absolute Gasteiger partial charge is 0.493 e. The minimum absolute atomic E-state index is 0.0314. The Labute approximate surface area is 165 Å². The number of nitrogens with zero attached hydrogens (tertiary/aromatic N) is 2. The first kappa shape index (κ1) is 20.8. The molecule has 0 atom stereocenters. The lowest BCUT2D eigenvalue weighted by molar-refractivity contribution is -0.139. The molecule has 0 heterocycles. The van der Waals surface area contributed by atoms with Crippen molar-refractivity contribution < 1.29 is 19.0 Å². The van der Waals surface area contributed by atoms with Gasteiger partial charge in [0.1, 0.15) is 18.2 Å². The molecular weight excluding hydrogens is 356 g/mol. The summed E-state index contributed by atoms with van der Waals surface area (Å²) in [7, 11) is 6.99. The Kier molecular flexibility index (Phi) is 7.05. The van der Waals surface area contributed by atoms with Crippen molar-refractivity contribution >= 4 is 17.7 Å². The van der Waals surface area contributed by atoms with Gasteiger partial charge in [-0.25, -0.2) is 4.79 Å². The molecule has 6 heteroatoms. The van der Waals surface area contributed by atoms with E-state index in [4.69, 9.17) is 14.2 Å². The number of anilines is 1. The molecule has 0 aromatic heterocycles. The number of carbonyl (C=O) groups is 1. The first-order valence-electron chi connectivity index (χ1n) is 8.67. The maximum atomic E-state index is 12.3. The number of hydrogen-bond acceptors (Lipinski definition) is 6. The predicted octanol–water partition coefficient (Wildman–Crippen LogP) is 3.73. The van der Waals surface area contributed by atoms with E-state index >= 15 is 0 Å². The third-order valence-corrected chi connectivity index (χ3v) is 4.26. The Morgan fingerprint density at radius 3 is 2.25 bits per heavy atom. The number of hydrogen-bond donors (Lipinski definition) is 0. The number of methoxy groups -OCH3 is 2. The van der Waals surface area contributed by atoms with E-state index < -0.39 is 5.97 Å². The number of esters is 1. The molecule has 6 nitrogen and oxygen atoms in total. The van der Waals surface area contributed by atoms with E-state index in [2.05, 4.69) is 0 Å². The van der Waals surface area contributed by atoms with E-state index in [0.717, 1.165) is 22.4 Å². The monoisotopic (exact) mass is 380 g/mol. The topological polar surface area (TPSA) is 71.8 Å². The van der Waals surface area contributed by atoms with Crippen LogP contribution in [-0.4, -0.2) is 34.3 Å². The molecule has 0 aliphatic carbocycles. The molecule has 28 heavy (non-hydrogen) atoms. The summed E-state index contributed by atoms with van der Waals surface area (Å²) in [4.78, 5) is 14.3. The van der Waals surface area contributed by atoms with Crippen LogP contribution < -0.4 is 14.4 Å². The fraction of sp³-hybridized carbons (Fsp3) is 0.273. The molecule has 0 saturated carbocycles. The van der Waals surface area contributed by atoms with Gasteiger partial charge in [-0.3, -0.25) is 0 Å². The van der Waals surface area contributed by atoms with Gasteiger partial charge in [-0.05, 0) is 54.0 Å². The standard InChI is InChI=1S/C22H24N2O4/c1-15-10-20(26-4)21(27-5)12-18(15)14-28-22(25)17(13-23)11-16-6-8-19(9-7-16)24(2)3/h6-12H,14H2,1-5H3/b17-11+. The summed E-state index contributed by atoms with van der Waals surface area (Å²) in [6.45, 7) is 1.92. The fourth-order valence-electron chi connectivity index (χ4n) is 2.57. The highest BCUT2D eigenvalue weighted by Crippen LogP contribution is 2.30. The molecule has 0 N–H and O–H groups in total. The lowest BCUT2D eigenvalue weighted by Gasteiger charge is -2.13. The second-order valence-corrected chi connectivity index (χ2v) is 6.37. The minimum Gasteiger partial charge on any atom is -0.493 e. The number of ether oxygens (including phenoxy) is 3. The van der Waals surface area contributed by atoms with Crippen molar-refractivity contribution in [3.63, 3.8) is 0 Å². The van der Waals surface area contributed by atoms with E-state index in [1.807, 2.05) is 62.3 Å².